The Morgan fingerprint density at radius 3 is 2.94 bits per heavy atom. The van der Waals surface area contributed by atoms with E-state index in [9.17, 15) is 4.21 Å². The van der Waals surface area contributed by atoms with E-state index in [1.165, 1.54) is 0 Å². The van der Waals surface area contributed by atoms with Crippen molar-refractivity contribution < 1.29 is 4.21 Å². The lowest BCUT2D eigenvalue weighted by atomic mass is 10.3. The zero-order valence-electron chi connectivity index (χ0n) is 9.99. The second-order valence-electron chi connectivity index (χ2n) is 3.70. The van der Waals surface area contributed by atoms with E-state index in [0.717, 1.165) is 24.5 Å². The third-order valence-electron chi connectivity index (χ3n) is 2.46. The molecule has 0 amide bonds. The normalized spacial score (nSPS) is 14.2. The van der Waals surface area contributed by atoms with Crippen molar-refractivity contribution in [2.75, 3.05) is 30.5 Å². The maximum absolute atomic E-state index is 11.1. The summed E-state index contributed by atoms with van der Waals surface area (Å²) in [5.74, 6) is 0.845. The molecule has 2 N–H and O–H groups in total. The predicted molar refractivity (Wildman–Crippen MR) is 70.4 cm³/mol. The van der Waals surface area contributed by atoms with Gasteiger partial charge in [-0.1, -0.05) is 6.92 Å². The highest BCUT2D eigenvalue weighted by Gasteiger charge is 2.05. The van der Waals surface area contributed by atoms with Crippen molar-refractivity contribution >= 4 is 22.3 Å². The van der Waals surface area contributed by atoms with E-state index in [1.807, 2.05) is 26.1 Å². The minimum Gasteiger partial charge on any atom is -0.385 e. The highest BCUT2D eigenvalue weighted by atomic mass is 32.2. The van der Waals surface area contributed by atoms with Gasteiger partial charge in [-0.05, 0) is 12.5 Å². The van der Waals surface area contributed by atoms with Crippen LogP contribution in [0.3, 0.4) is 0 Å². The quantitative estimate of drug-likeness (QED) is 0.796. The van der Waals surface area contributed by atoms with Gasteiger partial charge in [-0.15, -0.1) is 0 Å². The van der Waals surface area contributed by atoms with E-state index in [-0.39, 0.29) is 5.25 Å². The Bertz CT molecular complexity index is 357. The molecule has 0 saturated carbocycles. The number of anilines is 2. The molecule has 1 rings (SSSR count). The van der Waals surface area contributed by atoms with Crippen molar-refractivity contribution in [2.24, 2.45) is 0 Å². The molecule has 4 nitrogen and oxygen atoms in total. The summed E-state index contributed by atoms with van der Waals surface area (Å²) in [5.41, 5.74) is 1.04. The minimum absolute atomic E-state index is 0.234. The fraction of sp³-hybridized carbons (Fsp3) is 0.545. The van der Waals surface area contributed by atoms with Crippen LogP contribution in [0.2, 0.25) is 0 Å². The van der Waals surface area contributed by atoms with Crippen LogP contribution in [0.4, 0.5) is 11.5 Å². The summed E-state index contributed by atoms with van der Waals surface area (Å²) in [6.07, 6.45) is 4.41. The molecule has 1 aromatic heterocycles. The Kier molecular flexibility index (Phi) is 5.25. The maximum atomic E-state index is 11.1. The Labute approximate surface area is 99.3 Å². The first kappa shape index (κ1) is 13.0. The van der Waals surface area contributed by atoms with E-state index < -0.39 is 10.8 Å². The highest BCUT2D eigenvalue weighted by molar-refractivity contribution is 7.84. The Morgan fingerprint density at radius 1 is 1.56 bits per heavy atom. The average Bonchev–Trinajstić information content (AvgIpc) is 2.29. The second kappa shape index (κ2) is 6.48. The molecule has 2 atom stereocenters. The third-order valence-corrected chi connectivity index (χ3v) is 3.83. The molecule has 5 heteroatoms. The van der Waals surface area contributed by atoms with E-state index >= 15 is 0 Å². The minimum atomic E-state index is -0.739. The van der Waals surface area contributed by atoms with Crippen LogP contribution in [0.1, 0.15) is 13.3 Å². The molecule has 0 saturated heterocycles. The van der Waals surface area contributed by atoms with Gasteiger partial charge in [0.25, 0.3) is 0 Å². The first-order valence-corrected chi connectivity index (χ1v) is 6.95. The van der Waals surface area contributed by atoms with Crippen LogP contribution in [-0.4, -0.2) is 34.3 Å². The van der Waals surface area contributed by atoms with Crippen molar-refractivity contribution in [3.05, 3.63) is 18.3 Å². The fourth-order valence-electron chi connectivity index (χ4n) is 1.26. The largest absolute Gasteiger partial charge is 0.385 e. The molecule has 2 unspecified atom stereocenters. The molecular weight excluding hydrogens is 222 g/mol. The summed E-state index contributed by atoms with van der Waals surface area (Å²) in [6, 6.07) is 3.88. The molecule has 0 spiro atoms. The standard InChI is InChI=1S/C11H19N3OS/c1-9(16(3)15)4-6-13-10-5-7-14-11(8-10)12-2/h5,7-9H,4,6H2,1-3H3,(H2,12,13,14). The number of rotatable bonds is 6. The summed E-state index contributed by atoms with van der Waals surface area (Å²) in [4.78, 5) is 4.13. The van der Waals surface area contributed by atoms with Crippen LogP contribution in [-0.2, 0) is 10.8 Å². The summed E-state index contributed by atoms with van der Waals surface area (Å²) < 4.78 is 11.1. The number of aromatic nitrogens is 1. The molecular formula is C11H19N3OS. The molecule has 1 aromatic rings. The number of hydrogen-bond donors (Lipinski definition) is 2. The lowest BCUT2D eigenvalue weighted by Gasteiger charge is -2.10. The van der Waals surface area contributed by atoms with Crippen molar-refractivity contribution in [3.63, 3.8) is 0 Å². The van der Waals surface area contributed by atoms with Gasteiger partial charge in [0.1, 0.15) is 5.82 Å². The second-order valence-corrected chi connectivity index (χ2v) is 5.51. The van der Waals surface area contributed by atoms with E-state index in [4.69, 9.17) is 0 Å². The number of nitrogens with zero attached hydrogens (tertiary/aromatic N) is 1. The lowest BCUT2D eigenvalue weighted by molar-refractivity contribution is 0.672. The SMILES string of the molecule is CNc1cc(NCCC(C)S(C)=O)ccn1. The number of pyridine rings is 1. The van der Waals surface area contributed by atoms with Gasteiger partial charge >= 0.3 is 0 Å². The molecule has 0 bridgehead atoms. The van der Waals surface area contributed by atoms with E-state index in [1.54, 1.807) is 12.5 Å². The predicted octanol–water partition coefficient (Wildman–Crippen LogP) is 1.69. The first-order valence-electron chi connectivity index (χ1n) is 5.33. The molecule has 0 aliphatic rings. The van der Waals surface area contributed by atoms with Gasteiger partial charge in [0, 0.05) is 53.8 Å². The topological polar surface area (TPSA) is 54.0 Å². The molecule has 0 aliphatic heterocycles. The van der Waals surface area contributed by atoms with Crippen molar-refractivity contribution in [2.45, 2.75) is 18.6 Å². The molecule has 16 heavy (non-hydrogen) atoms. The van der Waals surface area contributed by atoms with E-state index in [0.29, 0.717) is 0 Å². The summed E-state index contributed by atoms with van der Waals surface area (Å²) >= 11 is 0. The molecule has 0 radical (unpaired) electrons. The third kappa shape index (κ3) is 4.18. The molecule has 0 aromatic carbocycles. The van der Waals surface area contributed by atoms with Gasteiger partial charge in [-0.25, -0.2) is 4.98 Å². The zero-order valence-corrected chi connectivity index (χ0v) is 10.8. The molecule has 0 aliphatic carbocycles. The average molecular weight is 241 g/mol. The fourth-order valence-corrected chi connectivity index (χ4v) is 1.71. The first-order chi connectivity index (χ1) is 7.63. The highest BCUT2D eigenvalue weighted by Crippen LogP contribution is 2.11. The Balaban J connectivity index is 2.39. The van der Waals surface area contributed by atoms with Crippen molar-refractivity contribution in [1.29, 1.82) is 0 Å². The monoisotopic (exact) mass is 241 g/mol. The van der Waals surface area contributed by atoms with Gasteiger partial charge in [-0.3, -0.25) is 4.21 Å². The van der Waals surface area contributed by atoms with Crippen LogP contribution in [0.25, 0.3) is 0 Å². The van der Waals surface area contributed by atoms with Crippen molar-refractivity contribution in [3.8, 4) is 0 Å². The van der Waals surface area contributed by atoms with Gasteiger partial charge in [0.2, 0.25) is 0 Å². The smallest absolute Gasteiger partial charge is 0.127 e. The maximum Gasteiger partial charge on any atom is 0.127 e. The molecule has 0 fully saturated rings. The van der Waals surface area contributed by atoms with Gasteiger partial charge in [0.05, 0.1) is 0 Å². The zero-order chi connectivity index (χ0) is 12.0. The van der Waals surface area contributed by atoms with Crippen LogP contribution in [0, 0.1) is 0 Å². The van der Waals surface area contributed by atoms with Crippen LogP contribution < -0.4 is 10.6 Å². The number of hydrogen-bond acceptors (Lipinski definition) is 4. The summed E-state index contributed by atoms with van der Waals surface area (Å²) in [7, 11) is 1.10. The summed E-state index contributed by atoms with van der Waals surface area (Å²) in [5, 5.41) is 6.51. The Hall–Kier alpha value is -1.10. The van der Waals surface area contributed by atoms with E-state index in [2.05, 4.69) is 15.6 Å². The molecule has 90 valence electrons. The van der Waals surface area contributed by atoms with Crippen LogP contribution >= 0.6 is 0 Å². The summed E-state index contributed by atoms with van der Waals surface area (Å²) in [6.45, 7) is 2.83. The lowest BCUT2D eigenvalue weighted by Crippen LogP contribution is -2.14. The van der Waals surface area contributed by atoms with Gasteiger partial charge < -0.3 is 10.6 Å². The van der Waals surface area contributed by atoms with Crippen LogP contribution in [0.15, 0.2) is 18.3 Å². The van der Waals surface area contributed by atoms with Crippen LogP contribution in [0.5, 0.6) is 0 Å². The van der Waals surface area contributed by atoms with Gasteiger partial charge in [-0.2, -0.15) is 0 Å². The Morgan fingerprint density at radius 2 is 2.31 bits per heavy atom. The molecule has 1 heterocycles. The van der Waals surface area contributed by atoms with Crippen molar-refractivity contribution in [1.82, 2.24) is 4.98 Å². The van der Waals surface area contributed by atoms with Gasteiger partial charge in [0.15, 0.2) is 0 Å². The number of nitrogens with one attached hydrogen (secondary N) is 2.